The molecule has 0 radical (unpaired) electrons. The molecule has 1 atom stereocenters. The van der Waals surface area contributed by atoms with Crippen molar-refractivity contribution < 1.29 is 4.43 Å². The van der Waals surface area contributed by atoms with Gasteiger partial charge in [-0.25, -0.2) is 0 Å². The zero-order valence-corrected chi connectivity index (χ0v) is 13.7. The Bertz CT molecular complexity index is 357. The van der Waals surface area contributed by atoms with Crippen molar-refractivity contribution in [2.75, 3.05) is 6.61 Å². The first-order valence-corrected chi connectivity index (χ1v) is 9.66. The maximum Gasteiger partial charge on any atom is 0.191 e. The molecule has 1 heterocycles. The molecule has 0 aromatic carbocycles. The van der Waals surface area contributed by atoms with Crippen LogP contribution >= 0.6 is 0 Å². The molecule has 102 valence electrons. The summed E-state index contributed by atoms with van der Waals surface area (Å²) in [5, 5.41) is 0.295. The SMILES string of the molecule is C[C@@H](CO[Si](C)(C)C(C)(C)C)Cc1ccncc1. The summed E-state index contributed by atoms with van der Waals surface area (Å²) < 4.78 is 6.25. The third kappa shape index (κ3) is 4.54. The topological polar surface area (TPSA) is 22.1 Å². The van der Waals surface area contributed by atoms with Gasteiger partial charge >= 0.3 is 0 Å². The van der Waals surface area contributed by atoms with Gasteiger partial charge in [0, 0.05) is 19.0 Å². The fourth-order valence-corrected chi connectivity index (χ4v) is 2.68. The van der Waals surface area contributed by atoms with E-state index >= 15 is 0 Å². The van der Waals surface area contributed by atoms with Crippen LogP contribution in [0.4, 0.5) is 0 Å². The molecule has 0 spiro atoms. The summed E-state index contributed by atoms with van der Waals surface area (Å²) in [5.74, 6) is 0.557. The second-order valence-corrected chi connectivity index (χ2v) is 11.5. The molecule has 1 aromatic heterocycles. The highest BCUT2D eigenvalue weighted by atomic mass is 28.4. The van der Waals surface area contributed by atoms with Crippen LogP contribution in [-0.2, 0) is 10.8 Å². The molecule has 0 amide bonds. The molecule has 1 aromatic rings. The third-order valence-corrected chi connectivity index (χ3v) is 8.37. The fourth-order valence-electron chi connectivity index (χ4n) is 1.55. The van der Waals surface area contributed by atoms with E-state index in [1.807, 2.05) is 12.4 Å². The largest absolute Gasteiger partial charge is 0.417 e. The van der Waals surface area contributed by atoms with Crippen LogP contribution in [0.15, 0.2) is 24.5 Å². The molecule has 0 bridgehead atoms. The van der Waals surface area contributed by atoms with Gasteiger partial charge in [0.15, 0.2) is 8.32 Å². The summed E-state index contributed by atoms with van der Waals surface area (Å²) in [6.07, 6.45) is 4.78. The second-order valence-electron chi connectivity index (χ2n) is 6.74. The Morgan fingerprint density at radius 2 is 1.78 bits per heavy atom. The van der Waals surface area contributed by atoms with Crippen LogP contribution in [0, 0.1) is 5.92 Å². The molecule has 0 aliphatic rings. The highest BCUT2D eigenvalue weighted by molar-refractivity contribution is 6.74. The summed E-state index contributed by atoms with van der Waals surface area (Å²) in [6, 6.07) is 4.17. The molecule has 0 unspecified atom stereocenters. The van der Waals surface area contributed by atoms with Crippen LogP contribution in [-0.4, -0.2) is 19.9 Å². The van der Waals surface area contributed by atoms with Crippen LogP contribution in [0.2, 0.25) is 18.1 Å². The van der Waals surface area contributed by atoms with Crippen molar-refractivity contribution in [1.82, 2.24) is 4.98 Å². The van der Waals surface area contributed by atoms with Crippen LogP contribution in [0.1, 0.15) is 33.3 Å². The molecule has 0 N–H and O–H groups in total. The Labute approximate surface area is 113 Å². The van der Waals surface area contributed by atoms with Gasteiger partial charge in [-0.1, -0.05) is 27.7 Å². The van der Waals surface area contributed by atoms with E-state index in [9.17, 15) is 0 Å². The van der Waals surface area contributed by atoms with Gasteiger partial charge in [0.2, 0.25) is 0 Å². The molecular weight excluding hydrogens is 238 g/mol. The molecule has 0 saturated carbocycles. The maximum atomic E-state index is 6.25. The molecule has 0 saturated heterocycles. The lowest BCUT2D eigenvalue weighted by Gasteiger charge is -2.37. The Balaban J connectivity index is 2.45. The minimum atomic E-state index is -1.60. The van der Waals surface area contributed by atoms with Gasteiger partial charge in [0.05, 0.1) is 0 Å². The quantitative estimate of drug-likeness (QED) is 0.741. The Morgan fingerprint density at radius 1 is 1.22 bits per heavy atom. The van der Waals surface area contributed by atoms with Crippen LogP contribution in [0.5, 0.6) is 0 Å². The molecule has 2 nitrogen and oxygen atoms in total. The van der Waals surface area contributed by atoms with Gasteiger partial charge in [-0.2, -0.15) is 0 Å². The van der Waals surface area contributed by atoms with Crippen molar-refractivity contribution in [2.24, 2.45) is 5.92 Å². The third-order valence-electron chi connectivity index (χ3n) is 3.87. The average molecular weight is 265 g/mol. The number of nitrogens with zero attached hydrogens (tertiary/aromatic N) is 1. The summed E-state index contributed by atoms with van der Waals surface area (Å²) in [5.41, 5.74) is 1.34. The summed E-state index contributed by atoms with van der Waals surface area (Å²) >= 11 is 0. The van der Waals surface area contributed by atoms with E-state index in [2.05, 4.69) is 57.9 Å². The zero-order chi connectivity index (χ0) is 13.8. The number of hydrogen-bond acceptors (Lipinski definition) is 2. The van der Waals surface area contributed by atoms with E-state index < -0.39 is 8.32 Å². The summed E-state index contributed by atoms with van der Waals surface area (Å²) in [6.45, 7) is 14.6. The van der Waals surface area contributed by atoms with Crippen molar-refractivity contribution in [1.29, 1.82) is 0 Å². The van der Waals surface area contributed by atoms with Crippen molar-refractivity contribution in [3.05, 3.63) is 30.1 Å². The Morgan fingerprint density at radius 3 is 2.28 bits per heavy atom. The molecule has 0 fully saturated rings. The monoisotopic (exact) mass is 265 g/mol. The van der Waals surface area contributed by atoms with E-state index in [-0.39, 0.29) is 0 Å². The zero-order valence-electron chi connectivity index (χ0n) is 12.7. The lowest BCUT2D eigenvalue weighted by molar-refractivity contribution is 0.237. The average Bonchev–Trinajstić information content (AvgIpc) is 2.26. The van der Waals surface area contributed by atoms with Gasteiger partial charge < -0.3 is 4.43 Å². The van der Waals surface area contributed by atoms with Crippen LogP contribution < -0.4 is 0 Å². The Hall–Kier alpha value is -0.673. The van der Waals surface area contributed by atoms with E-state index in [0.717, 1.165) is 13.0 Å². The van der Waals surface area contributed by atoms with E-state index in [1.165, 1.54) is 5.56 Å². The number of hydrogen-bond donors (Lipinski definition) is 0. The molecule has 0 aliphatic carbocycles. The van der Waals surface area contributed by atoms with Crippen LogP contribution in [0.3, 0.4) is 0 Å². The normalized spacial score (nSPS) is 14.6. The summed E-state index contributed by atoms with van der Waals surface area (Å²) in [7, 11) is -1.60. The lowest BCUT2D eigenvalue weighted by atomic mass is 10.0. The first-order valence-electron chi connectivity index (χ1n) is 6.75. The van der Waals surface area contributed by atoms with Crippen molar-refractivity contribution in [3.63, 3.8) is 0 Å². The molecule has 3 heteroatoms. The van der Waals surface area contributed by atoms with E-state index in [0.29, 0.717) is 11.0 Å². The number of pyridine rings is 1. The standard InChI is InChI=1S/C15H27NOSi/c1-13(11-14-7-9-16-10-8-14)12-17-18(5,6)15(2,3)4/h7-10,13H,11-12H2,1-6H3/t13-/m1/s1. The summed E-state index contributed by atoms with van der Waals surface area (Å²) in [4.78, 5) is 4.05. The van der Waals surface area contributed by atoms with Gasteiger partial charge in [0.1, 0.15) is 0 Å². The first-order chi connectivity index (χ1) is 8.22. The highest BCUT2D eigenvalue weighted by Crippen LogP contribution is 2.36. The van der Waals surface area contributed by atoms with E-state index in [4.69, 9.17) is 4.43 Å². The smallest absolute Gasteiger partial charge is 0.191 e. The van der Waals surface area contributed by atoms with Gasteiger partial charge in [0.25, 0.3) is 0 Å². The highest BCUT2D eigenvalue weighted by Gasteiger charge is 2.37. The number of rotatable bonds is 5. The molecule has 0 aliphatic heterocycles. The molecular formula is C15H27NOSi. The Kier molecular flexibility index (Phi) is 5.11. The molecule has 1 rings (SSSR count). The van der Waals surface area contributed by atoms with Gasteiger partial charge in [-0.05, 0) is 48.2 Å². The van der Waals surface area contributed by atoms with Crippen molar-refractivity contribution in [2.45, 2.75) is 52.2 Å². The fraction of sp³-hybridized carbons (Fsp3) is 0.667. The first kappa shape index (κ1) is 15.4. The van der Waals surface area contributed by atoms with Crippen molar-refractivity contribution >= 4 is 8.32 Å². The van der Waals surface area contributed by atoms with Crippen LogP contribution in [0.25, 0.3) is 0 Å². The van der Waals surface area contributed by atoms with Crippen molar-refractivity contribution in [3.8, 4) is 0 Å². The predicted molar refractivity (Wildman–Crippen MR) is 80.3 cm³/mol. The lowest BCUT2D eigenvalue weighted by Crippen LogP contribution is -2.41. The van der Waals surface area contributed by atoms with Gasteiger partial charge in [-0.3, -0.25) is 4.98 Å². The minimum Gasteiger partial charge on any atom is -0.417 e. The van der Waals surface area contributed by atoms with E-state index in [1.54, 1.807) is 0 Å². The maximum absolute atomic E-state index is 6.25. The van der Waals surface area contributed by atoms with Gasteiger partial charge in [-0.15, -0.1) is 0 Å². The second kappa shape index (κ2) is 5.98. The minimum absolute atomic E-state index is 0.295. The predicted octanol–water partition coefficient (Wildman–Crippen LogP) is 4.28. The number of aromatic nitrogens is 1. The molecule has 18 heavy (non-hydrogen) atoms.